The maximum Gasteiger partial charge on any atom is 0.416 e. The molecule has 0 bridgehead atoms. The zero-order valence-corrected chi connectivity index (χ0v) is 10.6. The smallest absolute Gasteiger partial charge is 0.271 e. The van der Waals surface area contributed by atoms with E-state index in [1.807, 2.05) is 0 Å². The van der Waals surface area contributed by atoms with E-state index in [9.17, 15) is 13.2 Å². The van der Waals surface area contributed by atoms with Crippen molar-refractivity contribution in [2.45, 2.75) is 38.9 Å². The first-order valence-corrected chi connectivity index (χ1v) is 5.98. The lowest BCUT2D eigenvalue weighted by Gasteiger charge is -2.18. The third-order valence-corrected chi connectivity index (χ3v) is 2.85. The summed E-state index contributed by atoms with van der Waals surface area (Å²) in [4.78, 5) is 0. The lowest BCUT2D eigenvalue weighted by molar-refractivity contribution is -0.137. The summed E-state index contributed by atoms with van der Waals surface area (Å²) in [6.45, 7) is 4.14. The van der Waals surface area contributed by atoms with Crippen molar-refractivity contribution in [3.05, 3.63) is 35.4 Å². The predicted octanol–water partition coefficient (Wildman–Crippen LogP) is 3.65. The highest BCUT2D eigenvalue weighted by molar-refractivity contribution is 5.27. The van der Waals surface area contributed by atoms with Gasteiger partial charge >= 0.3 is 6.18 Å². The van der Waals surface area contributed by atoms with Gasteiger partial charge in [-0.25, -0.2) is 0 Å². The number of nitrogens with two attached hydrogens (primary N) is 1. The Balaban J connectivity index is 2.86. The molecule has 1 aromatic carbocycles. The molecule has 0 heterocycles. The summed E-state index contributed by atoms with van der Waals surface area (Å²) in [5.74, 6) is 5.91. The Hall–Kier alpha value is -1.07. The topological polar surface area (TPSA) is 38.0 Å². The van der Waals surface area contributed by atoms with Crippen LogP contribution in [0.1, 0.15) is 43.9 Å². The summed E-state index contributed by atoms with van der Waals surface area (Å²) in [5, 5.41) is 0. The highest BCUT2D eigenvalue weighted by atomic mass is 19.4. The summed E-state index contributed by atoms with van der Waals surface area (Å²) in [5.41, 5.74) is 2.53. The van der Waals surface area contributed by atoms with E-state index in [0.717, 1.165) is 25.0 Å². The lowest BCUT2D eigenvalue weighted by Crippen LogP contribution is -2.28. The average molecular weight is 260 g/mol. The van der Waals surface area contributed by atoms with Crippen LogP contribution < -0.4 is 11.3 Å². The van der Waals surface area contributed by atoms with Crippen LogP contribution in [0.4, 0.5) is 13.2 Å². The SMILES string of the molecule is CC(C)CCC(NN)c1cccc(C(F)(F)F)c1. The van der Waals surface area contributed by atoms with Gasteiger partial charge < -0.3 is 0 Å². The fourth-order valence-corrected chi connectivity index (χ4v) is 1.78. The standard InChI is InChI=1S/C13H19F3N2/c1-9(2)6-7-12(18-17)10-4-3-5-11(8-10)13(14,15)16/h3-5,8-9,12,18H,6-7,17H2,1-2H3. The van der Waals surface area contributed by atoms with E-state index < -0.39 is 11.7 Å². The van der Waals surface area contributed by atoms with Gasteiger partial charge in [0.25, 0.3) is 0 Å². The molecule has 0 fully saturated rings. The molecule has 0 spiro atoms. The third-order valence-electron chi connectivity index (χ3n) is 2.85. The van der Waals surface area contributed by atoms with Crippen molar-refractivity contribution >= 4 is 0 Å². The minimum absolute atomic E-state index is 0.241. The maximum atomic E-state index is 12.6. The summed E-state index contributed by atoms with van der Waals surface area (Å²) in [7, 11) is 0. The van der Waals surface area contributed by atoms with Crippen molar-refractivity contribution in [2.75, 3.05) is 0 Å². The van der Waals surface area contributed by atoms with Gasteiger partial charge in [-0.1, -0.05) is 26.0 Å². The van der Waals surface area contributed by atoms with Gasteiger partial charge in [0.1, 0.15) is 0 Å². The highest BCUT2D eigenvalue weighted by Gasteiger charge is 2.30. The van der Waals surface area contributed by atoms with E-state index in [1.54, 1.807) is 6.07 Å². The van der Waals surface area contributed by atoms with E-state index >= 15 is 0 Å². The Bertz CT molecular complexity index is 375. The zero-order chi connectivity index (χ0) is 13.8. The highest BCUT2D eigenvalue weighted by Crippen LogP contribution is 2.31. The van der Waals surface area contributed by atoms with Crippen LogP contribution in [-0.4, -0.2) is 0 Å². The van der Waals surface area contributed by atoms with Crippen molar-refractivity contribution in [2.24, 2.45) is 11.8 Å². The number of hydrogen-bond acceptors (Lipinski definition) is 2. The van der Waals surface area contributed by atoms with E-state index in [1.165, 1.54) is 6.07 Å². The van der Waals surface area contributed by atoms with Crippen LogP contribution in [0.2, 0.25) is 0 Å². The number of rotatable bonds is 5. The van der Waals surface area contributed by atoms with Crippen molar-refractivity contribution in [3.8, 4) is 0 Å². The molecule has 3 N–H and O–H groups in total. The van der Waals surface area contributed by atoms with Gasteiger partial charge in [0.15, 0.2) is 0 Å². The minimum atomic E-state index is -4.31. The number of hydrazine groups is 1. The molecule has 0 aliphatic heterocycles. The quantitative estimate of drug-likeness (QED) is 0.626. The van der Waals surface area contributed by atoms with Crippen molar-refractivity contribution in [1.29, 1.82) is 0 Å². The number of hydrogen-bond donors (Lipinski definition) is 2. The summed E-state index contributed by atoms with van der Waals surface area (Å²) < 4.78 is 37.8. The van der Waals surface area contributed by atoms with E-state index in [-0.39, 0.29) is 6.04 Å². The Morgan fingerprint density at radius 1 is 1.22 bits per heavy atom. The molecule has 2 nitrogen and oxygen atoms in total. The molecule has 0 saturated carbocycles. The van der Waals surface area contributed by atoms with Gasteiger partial charge in [-0.05, 0) is 36.5 Å². The second-order valence-corrected chi connectivity index (χ2v) is 4.81. The van der Waals surface area contributed by atoms with Crippen LogP contribution >= 0.6 is 0 Å². The molecule has 1 rings (SSSR count). The molecule has 0 radical (unpaired) electrons. The number of benzene rings is 1. The van der Waals surface area contributed by atoms with Crippen LogP contribution in [0, 0.1) is 5.92 Å². The van der Waals surface area contributed by atoms with E-state index in [4.69, 9.17) is 5.84 Å². The van der Waals surface area contributed by atoms with Gasteiger partial charge in [0.05, 0.1) is 5.56 Å². The molecule has 0 saturated heterocycles. The molecular formula is C13H19F3N2. The number of nitrogens with one attached hydrogen (secondary N) is 1. The van der Waals surface area contributed by atoms with Crippen molar-refractivity contribution in [3.63, 3.8) is 0 Å². The molecule has 18 heavy (non-hydrogen) atoms. The number of halogens is 3. The van der Waals surface area contributed by atoms with Crippen molar-refractivity contribution < 1.29 is 13.2 Å². The van der Waals surface area contributed by atoms with Crippen LogP contribution in [0.3, 0.4) is 0 Å². The molecule has 0 aliphatic carbocycles. The first-order valence-electron chi connectivity index (χ1n) is 5.98. The lowest BCUT2D eigenvalue weighted by atomic mass is 9.97. The van der Waals surface area contributed by atoms with Gasteiger partial charge in [0.2, 0.25) is 0 Å². The average Bonchev–Trinajstić information content (AvgIpc) is 2.29. The van der Waals surface area contributed by atoms with E-state index in [2.05, 4.69) is 19.3 Å². The molecule has 1 atom stereocenters. The predicted molar refractivity (Wildman–Crippen MR) is 65.6 cm³/mol. The molecule has 102 valence electrons. The monoisotopic (exact) mass is 260 g/mol. The maximum absolute atomic E-state index is 12.6. The Labute approximate surface area is 105 Å². The van der Waals surface area contributed by atoms with Crippen LogP contribution in [0.25, 0.3) is 0 Å². The Kier molecular flexibility index (Phi) is 5.16. The van der Waals surface area contributed by atoms with E-state index in [0.29, 0.717) is 11.5 Å². The fourth-order valence-electron chi connectivity index (χ4n) is 1.78. The van der Waals surface area contributed by atoms with Gasteiger partial charge in [-0.15, -0.1) is 0 Å². The first-order chi connectivity index (χ1) is 8.34. The number of alkyl halides is 3. The van der Waals surface area contributed by atoms with Crippen LogP contribution in [0.5, 0.6) is 0 Å². The molecule has 1 aromatic rings. The van der Waals surface area contributed by atoms with Crippen molar-refractivity contribution in [1.82, 2.24) is 5.43 Å². The largest absolute Gasteiger partial charge is 0.416 e. The van der Waals surface area contributed by atoms with Gasteiger partial charge in [0, 0.05) is 6.04 Å². The molecule has 0 amide bonds. The van der Waals surface area contributed by atoms with Crippen LogP contribution in [-0.2, 0) is 6.18 Å². The van der Waals surface area contributed by atoms with Gasteiger partial charge in [-0.3, -0.25) is 11.3 Å². The summed E-state index contributed by atoms with van der Waals surface area (Å²) in [6, 6.07) is 5.07. The summed E-state index contributed by atoms with van der Waals surface area (Å²) >= 11 is 0. The second-order valence-electron chi connectivity index (χ2n) is 4.81. The minimum Gasteiger partial charge on any atom is -0.271 e. The summed E-state index contributed by atoms with van der Waals surface area (Å²) in [6.07, 6.45) is -2.69. The Morgan fingerprint density at radius 2 is 1.89 bits per heavy atom. The molecule has 5 heteroatoms. The normalized spacial score (nSPS) is 13.9. The van der Waals surface area contributed by atoms with Crippen LogP contribution in [0.15, 0.2) is 24.3 Å². The second kappa shape index (κ2) is 6.20. The third kappa shape index (κ3) is 4.31. The molecule has 1 unspecified atom stereocenters. The molecular weight excluding hydrogens is 241 g/mol. The van der Waals surface area contributed by atoms with Gasteiger partial charge in [-0.2, -0.15) is 13.2 Å². The molecule has 0 aromatic heterocycles. The zero-order valence-electron chi connectivity index (χ0n) is 10.6. The Morgan fingerprint density at radius 3 is 2.39 bits per heavy atom. The first kappa shape index (κ1) is 15.0. The molecule has 0 aliphatic rings. The fraction of sp³-hybridized carbons (Fsp3) is 0.538.